The van der Waals surface area contributed by atoms with E-state index in [1.807, 2.05) is 0 Å². The third kappa shape index (κ3) is 6.15. The van der Waals surface area contributed by atoms with Gasteiger partial charge in [0.2, 0.25) is 0 Å². The molecule has 8 aromatic carbocycles. The van der Waals surface area contributed by atoms with E-state index in [1.54, 1.807) is 0 Å². The molecule has 0 amide bonds. The molecular formula is C56H44N2. The number of allylic oxidation sites excluding steroid dienone is 4. The lowest BCUT2D eigenvalue weighted by Crippen LogP contribution is -2.42. The molecule has 2 aliphatic carbocycles. The summed E-state index contributed by atoms with van der Waals surface area (Å²) in [4.78, 5) is 5.10. The van der Waals surface area contributed by atoms with Crippen molar-refractivity contribution < 1.29 is 0 Å². The Morgan fingerprint density at radius 2 is 0.707 bits per heavy atom. The standard InChI is InChI=1S/C56H44N2/c1-5-23-47(24-6-1)55(39-13-3-14-40-55)57(53-29-17-21-45-19-9-11-27-51(45)53)49-35-31-43(32-36-49)44-33-37-50(38-34-44)58(54-30-18-22-46-20-10-12-28-52(46)54)56(41-15-4-16-42-56)48-25-7-2-8-26-48/h1-39,41H,40,42H2. The van der Waals surface area contributed by atoms with Gasteiger partial charge in [-0.1, -0.05) is 206 Å². The molecule has 0 saturated carbocycles. The van der Waals surface area contributed by atoms with E-state index in [0.29, 0.717) is 0 Å². The number of rotatable bonds is 9. The van der Waals surface area contributed by atoms with Gasteiger partial charge in [-0.3, -0.25) is 0 Å². The number of anilines is 4. The van der Waals surface area contributed by atoms with Crippen molar-refractivity contribution in [3.8, 4) is 11.1 Å². The molecule has 10 rings (SSSR count). The van der Waals surface area contributed by atoms with Crippen molar-refractivity contribution >= 4 is 44.3 Å². The molecule has 0 aliphatic heterocycles. The van der Waals surface area contributed by atoms with E-state index < -0.39 is 11.1 Å². The number of hydrogen-bond donors (Lipinski definition) is 0. The zero-order valence-electron chi connectivity index (χ0n) is 32.4. The number of benzene rings is 8. The summed E-state index contributed by atoms with van der Waals surface area (Å²) >= 11 is 0. The Morgan fingerprint density at radius 1 is 0.328 bits per heavy atom. The SMILES string of the molecule is C1=CCC(c2ccccc2)(N(c2ccc(-c3ccc(N(c4cccc5ccccc45)C4(c5ccccc5)C=CC=CC4)cc3)cc2)c2cccc3ccccc23)C=C1. The number of hydrogen-bond acceptors (Lipinski definition) is 2. The Labute approximate surface area is 341 Å². The van der Waals surface area contributed by atoms with Crippen LogP contribution < -0.4 is 9.80 Å². The topological polar surface area (TPSA) is 6.48 Å². The summed E-state index contributed by atoms with van der Waals surface area (Å²) in [7, 11) is 0. The maximum Gasteiger partial charge on any atom is 0.0923 e. The fraction of sp³-hybridized carbons (Fsp3) is 0.0714. The molecule has 2 atom stereocenters. The molecule has 0 spiro atoms. The van der Waals surface area contributed by atoms with Crippen molar-refractivity contribution in [3.63, 3.8) is 0 Å². The highest BCUT2D eigenvalue weighted by atomic mass is 15.2. The van der Waals surface area contributed by atoms with E-state index in [2.05, 4.69) is 253 Å². The summed E-state index contributed by atoms with van der Waals surface area (Å²) < 4.78 is 0. The first-order chi connectivity index (χ1) is 28.7. The fourth-order valence-corrected chi connectivity index (χ4v) is 9.27. The Morgan fingerprint density at radius 3 is 1.10 bits per heavy atom. The molecule has 278 valence electrons. The monoisotopic (exact) mass is 744 g/mol. The zero-order chi connectivity index (χ0) is 38.8. The lowest BCUT2D eigenvalue weighted by molar-refractivity contribution is 0.548. The van der Waals surface area contributed by atoms with Crippen molar-refractivity contribution in [2.45, 2.75) is 23.9 Å². The molecule has 2 unspecified atom stereocenters. The second-order valence-electron chi connectivity index (χ2n) is 15.3. The molecule has 2 nitrogen and oxygen atoms in total. The van der Waals surface area contributed by atoms with Gasteiger partial charge in [-0.2, -0.15) is 0 Å². The average Bonchev–Trinajstić information content (AvgIpc) is 3.31. The average molecular weight is 745 g/mol. The molecule has 0 bridgehead atoms. The fourth-order valence-electron chi connectivity index (χ4n) is 9.27. The van der Waals surface area contributed by atoms with Gasteiger partial charge in [0.25, 0.3) is 0 Å². The first-order valence-corrected chi connectivity index (χ1v) is 20.3. The normalized spacial score (nSPS) is 18.4. The van der Waals surface area contributed by atoms with Crippen LogP contribution in [0.1, 0.15) is 24.0 Å². The second kappa shape index (κ2) is 15.1. The predicted molar refractivity (Wildman–Crippen MR) is 246 cm³/mol. The van der Waals surface area contributed by atoms with Gasteiger partial charge in [-0.15, -0.1) is 0 Å². The largest absolute Gasteiger partial charge is 0.327 e. The molecule has 0 N–H and O–H groups in total. The minimum Gasteiger partial charge on any atom is -0.327 e. The highest BCUT2D eigenvalue weighted by Gasteiger charge is 2.39. The van der Waals surface area contributed by atoms with Crippen LogP contribution in [0.25, 0.3) is 32.7 Å². The molecular weight excluding hydrogens is 701 g/mol. The van der Waals surface area contributed by atoms with Gasteiger partial charge in [0, 0.05) is 22.1 Å². The third-order valence-electron chi connectivity index (χ3n) is 12.0. The van der Waals surface area contributed by atoms with Gasteiger partial charge >= 0.3 is 0 Å². The molecule has 0 heterocycles. The molecule has 0 aromatic heterocycles. The van der Waals surface area contributed by atoms with Crippen molar-refractivity contribution in [1.29, 1.82) is 0 Å². The maximum absolute atomic E-state index is 2.55. The summed E-state index contributed by atoms with van der Waals surface area (Å²) in [5, 5.41) is 4.92. The van der Waals surface area contributed by atoms with E-state index in [1.165, 1.54) is 55.2 Å². The minimum atomic E-state index is -0.411. The van der Waals surface area contributed by atoms with Gasteiger partial charge in [0.05, 0.1) is 22.5 Å². The third-order valence-corrected chi connectivity index (χ3v) is 12.0. The Bertz CT molecular complexity index is 2620. The van der Waals surface area contributed by atoms with Gasteiger partial charge in [-0.05, 0) is 82.3 Å². The first kappa shape index (κ1) is 35.3. The second-order valence-corrected chi connectivity index (χ2v) is 15.3. The quantitative estimate of drug-likeness (QED) is 0.145. The van der Waals surface area contributed by atoms with E-state index in [9.17, 15) is 0 Å². The van der Waals surface area contributed by atoms with Crippen molar-refractivity contribution in [2.75, 3.05) is 9.80 Å². The lowest BCUT2D eigenvalue weighted by atomic mass is 9.80. The van der Waals surface area contributed by atoms with Crippen LogP contribution in [0.5, 0.6) is 0 Å². The summed E-state index contributed by atoms with van der Waals surface area (Å²) in [6.45, 7) is 0. The summed E-state index contributed by atoms with van der Waals surface area (Å²) in [5.41, 5.74) is 8.71. The smallest absolute Gasteiger partial charge is 0.0923 e. The van der Waals surface area contributed by atoms with E-state index in [-0.39, 0.29) is 0 Å². The van der Waals surface area contributed by atoms with E-state index in [4.69, 9.17) is 0 Å². The van der Waals surface area contributed by atoms with Crippen LogP contribution >= 0.6 is 0 Å². The molecule has 0 fully saturated rings. The summed E-state index contributed by atoms with van der Waals surface area (Å²) in [5.74, 6) is 0. The number of nitrogens with zero attached hydrogens (tertiary/aromatic N) is 2. The Hall–Kier alpha value is -7.16. The highest BCUT2D eigenvalue weighted by Crippen LogP contribution is 2.49. The van der Waals surface area contributed by atoms with Gasteiger partial charge in [0.1, 0.15) is 0 Å². The van der Waals surface area contributed by atoms with Crippen LogP contribution in [0.2, 0.25) is 0 Å². The van der Waals surface area contributed by atoms with Crippen LogP contribution in [-0.4, -0.2) is 0 Å². The van der Waals surface area contributed by atoms with Crippen LogP contribution in [0.4, 0.5) is 22.7 Å². The summed E-state index contributed by atoms with van der Waals surface area (Å²) in [6, 6.07) is 71.0. The predicted octanol–water partition coefficient (Wildman–Crippen LogP) is 14.8. The van der Waals surface area contributed by atoms with Crippen molar-refractivity contribution in [3.05, 3.63) is 254 Å². The van der Waals surface area contributed by atoms with Crippen LogP contribution in [0.15, 0.2) is 243 Å². The summed E-state index contributed by atoms with van der Waals surface area (Å²) in [6.07, 6.45) is 19.8. The minimum absolute atomic E-state index is 0.411. The highest BCUT2D eigenvalue weighted by molar-refractivity contribution is 5.98. The molecule has 2 heteroatoms. The first-order valence-electron chi connectivity index (χ1n) is 20.3. The Balaban J connectivity index is 1.08. The van der Waals surface area contributed by atoms with Crippen LogP contribution in [0.3, 0.4) is 0 Å². The number of fused-ring (bicyclic) bond motifs is 2. The van der Waals surface area contributed by atoms with Crippen LogP contribution in [-0.2, 0) is 11.1 Å². The molecule has 2 aliphatic rings. The van der Waals surface area contributed by atoms with Crippen molar-refractivity contribution in [1.82, 2.24) is 0 Å². The van der Waals surface area contributed by atoms with E-state index >= 15 is 0 Å². The van der Waals surface area contributed by atoms with E-state index in [0.717, 1.165) is 24.2 Å². The van der Waals surface area contributed by atoms with Gasteiger partial charge in [-0.25, -0.2) is 0 Å². The Kier molecular flexibility index (Phi) is 9.16. The molecule has 8 aromatic rings. The van der Waals surface area contributed by atoms with Crippen LogP contribution in [0, 0.1) is 0 Å². The van der Waals surface area contributed by atoms with Gasteiger partial charge < -0.3 is 9.80 Å². The zero-order valence-corrected chi connectivity index (χ0v) is 32.4. The van der Waals surface area contributed by atoms with Gasteiger partial charge in [0.15, 0.2) is 0 Å². The van der Waals surface area contributed by atoms with Crippen molar-refractivity contribution in [2.24, 2.45) is 0 Å². The molecule has 0 saturated heterocycles. The maximum atomic E-state index is 2.55. The molecule has 58 heavy (non-hydrogen) atoms. The molecule has 0 radical (unpaired) electrons. The lowest BCUT2D eigenvalue weighted by Gasteiger charge is -2.45.